The van der Waals surface area contributed by atoms with E-state index in [1.54, 1.807) is 18.2 Å². The number of carbonyl (C=O) groups is 1. The second kappa shape index (κ2) is 7.51. The van der Waals surface area contributed by atoms with Gasteiger partial charge in [-0.25, -0.2) is 4.39 Å². The number of carbonyl (C=O) groups excluding carboxylic acids is 1. The Labute approximate surface area is 138 Å². The second-order valence-electron chi connectivity index (χ2n) is 5.43. The van der Waals surface area contributed by atoms with Gasteiger partial charge in [0.1, 0.15) is 12.4 Å². The Bertz CT molecular complexity index is 675. The van der Waals surface area contributed by atoms with Crippen LogP contribution in [0.2, 0.25) is 0 Å². The Morgan fingerprint density at radius 3 is 2.68 bits per heavy atom. The molecule has 0 spiro atoms. The van der Waals surface area contributed by atoms with E-state index >= 15 is 0 Å². The molecule has 0 aromatic heterocycles. The summed E-state index contributed by atoms with van der Waals surface area (Å²) in [4.78, 5) is 13.0. The van der Waals surface area contributed by atoms with E-state index in [0.717, 1.165) is 20.6 Å². The zero-order valence-corrected chi connectivity index (χ0v) is 14.2. The summed E-state index contributed by atoms with van der Waals surface area (Å²) in [6.45, 7) is 2.73. The van der Waals surface area contributed by atoms with Crippen LogP contribution in [0.4, 0.5) is 10.1 Å². The van der Waals surface area contributed by atoms with E-state index in [2.05, 4.69) is 21.2 Å². The van der Waals surface area contributed by atoms with Crippen LogP contribution >= 0.6 is 15.9 Å². The predicted octanol–water partition coefficient (Wildman–Crippen LogP) is 2.55. The molecular formula is C17H19BrFN2O+. The Morgan fingerprint density at radius 2 is 2.00 bits per heavy atom. The van der Waals surface area contributed by atoms with Crippen molar-refractivity contribution in [2.24, 2.45) is 0 Å². The van der Waals surface area contributed by atoms with Crippen LogP contribution in [0.5, 0.6) is 0 Å². The molecule has 22 heavy (non-hydrogen) atoms. The minimum absolute atomic E-state index is 0.0987. The Kier molecular flexibility index (Phi) is 5.69. The Morgan fingerprint density at radius 1 is 1.27 bits per heavy atom. The molecule has 0 saturated heterocycles. The van der Waals surface area contributed by atoms with Gasteiger partial charge in [-0.3, -0.25) is 4.79 Å². The van der Waals surface area contributed by atoms with Crippen LogP contribution < -0.4 is 10.2 Å². The molecule has 2 N–H and O–H groups in total. The molecule has 0 heterocycles. The van der Waals surface area contributed by atoms with E-state index in [1.807, 2.05) is 32.2 Å². The first-order valence-electron chi connectivity index (χ1n) is 7.06. The first kappa shape index (κ1) is 16.6. The van der Waals surface area contributed by atoms with E-state index < -0.39 is 0 Å². The quantitative estimate of drug-likeness (QED) is 0.838. The molecule has 0 saturated carbocycles. The van der Waals surface area contributed by atoms with Crippen LogP contribution in [0.3, 0.4) is 0 Å². The molecule has 0 fully saturated rings. The fourth-order valence-corrected chi connectivity index (χ4v) is 2.81. The number of benzene rings is 2. The standard InChI is InChI=1S/C17H18BrFN2O/c1-12-7-8-16(14(18)9-12)20-17(22)11-21(2)10-13-5-3-4-6-15(13)19/h3-9H,10-11H2,1-2H3,(H,20,22)/p+1. The molecule has 116 valence electrons. The van der Waals surface area contributed by atoms with Crippen molar-refractivity contribution in [3.8, 4) is 0 Å². The Hall–Kier alpha value is -1.72. The van der Waals surface area contributed by atoms with Crippen molar-refractivity contribution < 1.29 is 14.1 Å². The van der Waals surface area contributed by atoms with Crippen LogP contribution in [-0.2, 0) is 11.3 Å². The van der Waals surface area contributed by atoms with Crippen molar-refractivity contribution in [2.75, 3.05) is 18.9 Å². The van der Waals surface area contributed by atoms with Crippen molar-refractivity contribution in [1.82, 2.24) is 0 Å². The SMILES string of the molecule is Cc1ccc(NC(=O)C[NH+](C)Cc2ccccc2F)c(Br)c1. The van der Waals surface area contributed by atoms with Crippen molar-refractivity contribution in [1.29, 1.82) is 0 Å². The summed E-state index contributed by atoms with van der Waals surface area (Å²) < 4.78 is 14.5. The monoisotopic (exact) mass is 365 g/mol. The number of halogens is 2. The molecule has 1 unspecified atom stereocenters. The molecule has 1 amide bonds. The molecule has 3 nitrogen and oxygen atoms in total. The van der Waals surface area contributed by atoms with E-state index in [0.29, 0.717) is 12.1 Å². The fourth-order valence-electron chi connectivity index (χ4n) is 2.22. The van der Waals surface area contributed by atoms with Crippen LogP contribution in [0.1, 0.15) is 11.1 Å². The van der Waals surface area contributed by atoms with E-state index in [9.17, 15) is 9.18 Å². The molecule has 2 aromatic carbocycles. The van der Waals surface area contributed by atoms with Crippen molar-refractivity contribution in [3.05, 3.63) is 63.9 Å². The normalized spacial score (nSPS) is 12.0. The van der Waals surface area contributed by atoms with Crippen LogP contribution in [0, 0.1) is 12.7 Å². The molecule has 0 bridgehead atoms. The molecule has 2 aromatic rings. The maximum absolute atomic E-state index is 13.6. The highest BCUT2D eigenvalue weighted by Gasteiger charge is 2.13. The van der Waals surface area contributed by atoms with Gasteiger partial charge in [0.05, 0.1) is 12.7 Å². The van der Waals surface area contributed by atoms with Crippen LogP contribution in [-0.4, -0.2) is 19.5 Å². The number of amides is 1. The molecule has 2 rings (SSSR count). The van der Waals surface area contributed by atoms with Gasteiger partial charge < -0.3 is 10.2 Å². The molecular weight excluding hydrogens is 347 g/mol. The average Bonchev–Trinajstić information content (AvgIpc) is 2.44. The maximum atomic E-state index is 13.6. The third-order valence-corrected chi connectivity index (χ3v) is 3.97. The molecule has 5 heteroatoms. The van der Waals surface area contributed by atoms with Crippen molar-refractivity contribution in [3.63, 3.8) is 0 Å². The van der Waals surface area contributed by atoms with Gasteiger partial charge in [-0.05, 0) is 46.6 Å². The summed E-state index contributed by atoms with van der Waals surface area (Å²) in [7, 11) is 1.87. The first-order chi connectivity index (χ1) is 10.5. The number of anilines is 1. The van der Waals surface area contributed by atoms with Gasteiger partial charge in [-0.2, -0.15) is 0 Å². The Balaban J connectivity index is 1.93. The maximum Gasteiger partial charge on any atom is 0.279 e. The van der Waals surface area contributed by atoms with Crippen molar-refractivity contribution in [2.45, 2.75) is 13.5 Å². The third-order valence-electron chi connectivity index (χ3n) is 3.31. The topological polar surface area (TPSA) is 33.5 Å². The summed E-state index contributed by atoms with van der Waals surface area (Å²) in [6, 6.07) is 12.4. The minimum atomic E-state index is -0.233. The molecule has 1 atom stereocenters. The zero-order chi connectivity index (χ0) is 16.1. The lowest BCUT2D eigenvalue weighted by Gasteiger charge is -2.15. The highest BCUT2D eigenvalue weighted by atomic mass is 79.9. The second-order valence-corrected chi connectivity index (χ2v) is 6.29. The summed E-state index contributed by atoms with van der Waals surface area (Å²) in [5.41, 5.74) is 2.48. The third kappa shape index (κ3) is 4.64. The van der Waals surface area contributed by atoms with E-state index in [-0.39, 0.29) is 18.3 Å². The first-order valence-corrected chi connectivity index (χ1v) is 7.85. The number of aryl methyl sites for hydroxylation is 1. The van der Waals surface area contributed by atoms with Gasteiger partial charge >= 0.3 is 0 Å². The number of quaternary nitrogens is 1. The summed E-state index contributed by atoms with van der Waals surface area (Å²) in [5, 5.41) is 2.87. The molecule has 0 aliphatic carbocycles. The number of likely N-dealkylation sites (N-methyl/N-ethyl adjacent to an activating group) is 1. The van der Waals surface area contributed by atoms with Gasteiger partial charge in [-0.1, -0.05) is 24.3 Å². The smallest absolute Gasteiger partial charge is 0.279 e. The number of nitrogens with one attached hydrogen (secondary N) is 2. The van der Waals surface area contributed by atoms with Gasteiger partial charge in [-0.15, -0.1) is 0 Å². The summed E-state index contributed by atoms with van der Waals surface area (Å²) >= 11 is 3.43. The van der Waals surface area contributed by atoms with E-state index in [4.69, 9.17) is 0 Å². The van der Waals surface area contributed by atoms with Crippen LogP contribution in [0.15, 0.2) is 46.9 Å². The van der Waals surface area contributed by atoms with Gasteiger partial charge in [0.15, 0.2) is 6.54 Å². The number of rotatable bonds is 5. The largest absolute Gasteiger partial charge is 0.326 e. The van der Waals surface area contributed by atoms with Crippen LogP contribution in [0.25, 0.3) is 0 Å². The lowest BCUT2D eigenvalue weighted by atomic mass is 10.2. The molecule has 0 aliphatic heterocycles. The zero-order valence-electron chi connectivity index (χ0n) is 12.6. The lowest BCUT2D eigenvalue weighted by Crippen LogP contribution is -3.08. The van der Waals surface area contributed by atoms with Crippen molar-refractivity contribution >= 4 is 27.5 Å². The number of hydrogen-bond donors (Lipinski definition) is 2. The highest BCUT2D eigenvalue weighted by Crippen LogP contribution is 2.23. The molecule has 0 aliphatic rings. The molecule has 0 radical (unpaired) electrons. The van der Waals surface area contributed by atoms with Gasteiger partial charge in [0.2, 0.25) is 0 Å². The van der Waals surface area contributed by atoms with Gasteiger partial charge in [0.25, 0.3) is 5.91 Å². The van der Waals surface area contributed by atoms with E-state index in [1.165, 1.54) is 6.07 Å². The summed E-state index contributed by atoms with van der Waals surface area (Å²) in [6.07, 6.45) is 0. The number of hydrogen-bond acceptors (Lipinski definition) is 1. The fraction of sp³-hybridized carbons (Fsp3) is 0.235. The highest BCUT2D eigenvalue weighted by molar-refractivity contribution is 9.10. The summed E-state index contributed by atoms with van der Waals surface area (Å²) in [5.74, 6) is -0.332. The predicted molar refractivity (Wildman–Crippen MR) is 89.4 cm³/mol. The average molecular weight is 366 g/mol. The lowest BCUT2D eigenvalue weighted by molar-refractivity contribution is -0.885. The van der Waals surface area contributed by atoms with Gasteiger partial charge in [0, 0.05) is 10.0 Å². The minimum Gasteiger partial charge on any atom is -0.326 e.